The molecule has 10 nitrogen and oxygen atoms in total. The summed E-state index contributed by atoms with van der Waals surface area (Å²) in [5.41, 5.74) is 0.696. The standard InChI is InChI=1S/C20H24N4O6.ClH/c1-9-16(11-5-21-6-12(11)18(26)17(9)25)19(27)22-7-15-23-20(30-24-15)10-2-3-13-14(4-10)29-8-28-13;/h2-4,9,11-12,16-18,21,25-26H,5-8H2,1H3,(H,22,27);1H/t9-,11+,12+,16+,17+,18+;/m1./s1. The van der Waals surface area contributed by atoms with Gasteiger partial charge in [-0.3, -0.25) is 4.79 Å². The fourth-order valence-electron chi connectivity index (χ4n) is 4.84. The molecule has 31 heavy (non-hydrogen) atoms. The second kappa shape index (κ2) is 8.62. The number of aliphatic hydroxyl groups is 2. The highest BCUT2D eigenvalue weighted by Gasteiger charge is 2.52. The first-order valence-electron chi connectivity index (χ1n) is 10.1. The number of carbonyl (C=O) groups excluding carboxylic acids is 1. The van der Waals surface area contributed by atoms with Crippen LogP contribution in [0.4, 0.5) is 0 Å². The summed E-state index contributed by atoms with van der Waals surface area (Å²) in [6.45, 7) is 3.34. The molecular formula is C20H25ClN4O6. The van der Waals surface area contributed by atoms with Gasteiger partial charge in [-0.15, -0.1) is 12.4 Å². The average molecular weight is 453 g/mol. The predicted molar refractivity (Wildman–Crippen MR) is 109 cm³/mol. The van der Waals surface area contributed by atoms with Gasteiger partial charge in [0.05, 0.1) is 18.8 Å². The van der Waals surface area contributed by atoms with E-state index in [9.17, 15) is 15.0 Å². The van der Waals surface area contributed by atoms with Gasteiger partial charge in [-0.25, -0.2) is 0 Å². The molecule has 0 spiro atoms. The first-order chi connectivity index (χ1) is 14.5. The first kappa shape index (κ1) is 21.8. The number of fused-ring (bicyclic) bond motifs is 2. The van der Waals surface area contributed by atoms with E-state index in [1.54, 1.807) is 25.1 Å². The highest BCUT2D eigenvalue weighted by molar-refractivity contribution is 5.85. The van der Waals surface area contributed by atoms with Crippen molar-refractivity contribution in [2.24, 2.45) is 23.7 Å². The molecular weight excluding hydrogens is 428 g/mol. The molecule has 2 fully saturated rings. The Hall–Kier alpha value is -2.40. The van der Waals surface area contributed by atoms with Crippen molar-refractivity contribution in [3.63, 3.8) is 0 Å². The molecule has 3 aliphatic rings. The third kappa shape index (κ3) is 3.84. The van der Waals surface area contributed by atoms with Crippen LogP contribution in [0.3, 0.4) is 0 Å². The van der Waals surface area contributed by atoms with Crippen molar-refractivity contribution in [2.75, 3.05) is 19.9 Å². The van der Waals surface area contributed by atoms with Gasteiger partial charge in [-0.2, -0.15) is 4.98 Å². The quantitative estimate of drug-likeness (QED) is 0.516. The van der Waals surface area contributed by atoms with Crippen molar-refractivity contribution in [1.82, 2.24) is 20.8 Å². The lowest BCUT2D eigenvalue weighted by Gasteiger charge is -2.43. The lowest BCUT2D eigenvalue weighted by Crippen LogP contribution is -2.55. The van der Waals surface area contributed by atoms with Crippen LogP contribution < -0.4 is 20.1 Å². The van der Waals surface area contributed by atoms with E-state index in [-0.39, 0.29) is 49.4 Å². The Labute approximate surface area is 184 Å². The van der Waals surface area contributed by atoms with Gasteiger partial charge in [-0.05, 0) is 36.6 Å². The molecule has 4 N–H and O–H groups in total. The summed E-state index contributed by atoms with van der Waals surface area (Å²) in [4.78, 5) is 17.3. The Bertz CT molecular complexity index is 956. The summed E-state index contributed by atoms with van der Waals surface area (Å²) >= 11 is 0. The Morgan fingerprint density at radius 3 is 2.81 bits per heavy atom. The maximum atomic E-state index is 12.9. The molecule has 1 aromatic heterocycles. The molecule has 11 heteroatoms. The summed E-state index contributed by atoms with van der Waals surface area (Å²) < 4.78 is 16.0. The topological polar surface area (TPSA) is 139 Å². The zero-order valence-electron chi connectivity index (χ0n) is 16.9. The van der Waals surface area contributed by atoms with Crippen LogP contribution in [0.2, 0.25) is 0 Å². The fraction of sp³-hybridized carbons (Fsp3) is 0.550. The Kier molecular flexibility index (Phi) is 6.07. The molecule has 1 saturated carbocycles. The van der Waals surface area contributed by atoms with Crippen LogP contribution in [0.5, 0.6) is 11.5 Å². The molecule has 2 aromatic rings. The number of ether oxygens (including phenoxy) is 2. The minimum atomic E-state index is -0.926. The molecule has 6 atom stereocenters. The molecule has 2 aliphatic heterocycles. The average Bonchev–Trinajstić information content (AvgIpc) is 3.50. The maximum absolute atomic E-state index is 12.9. The van der Waals surface area contributed by atoms with Crippen molar-refractivity contribution >= 4 is 18.3 Å². The normalized spacial score (nSPS) is 31.1. The van der Waals surface area contributed by atoms with E-state index in [2.05, 4.69) is 20.8 Å². The lowest BCUT2D eigenvalue weighted by molar-refractivity contribution is -0.146. The smallest absolute Gasteiger partial charge is 0.258 e. The highest BCUT2D eigenvalue weighted by atomic mass is 35.5. The van der Waals surface area contributed by atoms with Crippen LogP contribution in [-0.4, -0.2) is 58.4 Å². The predicted octanol–water partition coefficient (Wildman–Crippen LogP) is 0.327. The zero-order valence-corrected chi connectivity index (χ0v) is 17.7. The van der Waals surface area contributed by atoms with E-state index < -0.39 is 18.1 Å². The molecule has 1 aliphatic carbocycles. The van der Waals surface area contributed by atoms with Gasteiger partial charge in [0.2, 0.25) is 12.7 Å². The summed E-state index contributed by atoms with van der Waals surface area (Å²) in [5.74, 6) is 0.874. The van der Waals surface area contributed by atoms with E-state index >= 15 is 0 Å². The number of nitrogens with one attached hydrogen (secondary N) is 2. The molecule has 1 aromatic carbocycles. The van der Waals surface area contributed by atoms with Gasteiger partial charge in [-0.1, -0.05) is 12.1 Å². The number of amides is 1. The monoisotopic (exact) mass is 452 g/mol. The number of benzene rings is 1. The largest absolute Gasteiger partial charge is 0.454 e. The molecule has 0 radical (unpaired) electrons. The number of rotatable bonds is 4. The van der Waals surface area contributed by atoms with Crippen molar-refractivity contribution < 1.29 is 29.0 Å². The zero-order chi connectivity index (χ0) is 20.8. The molecule has 1 amide bonds. The van der Waals surface area contributed by atoms with Crippen molar-refractivity contribution in [2.45, 2.75) is 25.7 Å². The molecule has 1 saturated heterocycles. The number of hydrogen-bond donors (Lipinski definition) is 4. The van der Waals surface area contributed by atoms with E-state index in [4.69, 9.17) is 14.0 Å². The van der Waals surface area contributed by atoms with E-state index in [1.807, 2.05) is 0 Å². The van der Waals surface area contributed by atoms with Crippen molar-refractivity contribution in [3.05, 3.63) is 24.0 Å². The minimum Gasteiger partial charge on any atom is -0.454 e. The van der Waals surface area contributed by atoms with Crippen LogP contribution in [0.15, 0.2) is 22.7 Å². The number of nitrogens with zero attached hydrogens (tertiary/aromatic N) is 2. The molecule has 5 rings (SSSR count). The SMILES string of the molecule is C[C@H]1[C@H](O)[C@@H](O)[C@H]2CNC[C@@H]2[C@H]1C(=O)NCc1noc(-c2ccc3c(c2)OCO3)n1.Cl. The third-order valence-corrected chi connectivity index (χ3v) is 6.48. The van der Waals surface area contributed by atoms with Crippen LogP contribution in [0.25, 0.3) is 11.5 Å². The van der Waals surface area contributed by atoms with Crippen LogP contribution in [-0.2, 0) is 11.3 Å². The van der Waals surface area contributed by atoms with Gasteiger partial charge >= 0.3 is 0 Å². The lowest BCUT2D eigenvalue weighted by atomic mass is 9.65. The number of carbonyl (C=O) groups is 1. The maximum Gasteiger partial charge on any atom is 0.258 e. The van der Waals surface area contributed by atoms with Crippen LogP contribution in [0, 0.1) is 23.7 Å². The van der Waals surface area contributed by atoms with E-state index in [1.165, 1.54) is 0 Å². The second-order valence-electron chi connectivity index (χ2n) is 8.15. The second-order valence-corrected chi connectivity index (χ2v) is 8.15. The summed E-state index contributed by atoms with van der Waals surface area (Å²) in [6, 6.07) is 5.34. The first-order valence-corrected chi connectivity index (χ1v) is 10.1. The Morgan fingerprint density at radius 1 is 1.19 bits per heavy atom. The van der Waals surface area contributed by atoms with E-state index in [0.717, 1.165) is 0 Å². The number of halogens is 1. The molecule has 3 heterocycles. The Balaban J connectivity index is 0.00000231. The molecule has 0 unspecified atom stereocenters. The number of aliphatic hydroxyl groups excluding tert-OH is 2. The van der Waals surface area contributed by atoms with Crippen molar-refractivity contribution in [3.8, 4) is 23.0 Å². The minimum absolute atomic E-state index is 0. The molecule has 0 bridgehead atoms. The summed E-state index contributed by atoms with van der Waals surface area (Å²) in [7, 11) is 0. The van der Waals surface area contributed by atoms with Crippen LogP contribution >= 0.6 is 12.4 Å². The fourth-order valence-corrected chi connectivity index (χ4v) is 4.84. The van der Waals surface area contributed by atoms with Gasteiger partial charge in [0.1, 0.15) is 0 Å². The molecule has 168 valence electrons. The Morgan fingerprint density at radius 2 is 1.97 bits per heavy atom. The van der Waals surface area contributed by atoms with Crippen LogP contribution in [0.1, 0.15) is 12.7 Å². The summed E-state index contributed by atoms with van der Waals surface area (Å²) in [5, 5.41) is 30.7. The number of hydrogen-bond acceptors (Lipinski definition) is 9. The third-order valence-electron chi connectivity index (χ3n) is 6.48. The van der Waals surface area contributed by atoms with Gasteiger partial charge < -0.3 is 34.8 Å². The highest BCUT2D eigenvalue weighted by Crippen LogP contribution is 2.41. The number of aromatic nitrogens is 2. The van der Waals surface area contributed by atoms with E-state index in [0.29, 0.717) is 41.9 Å². The van der Waals surface area contributed by atoms with Gasteiger partial charge in [0.15, 0.2) is 17.3 Å². The summed E-state index contributed by atoms with van der Waals surface area (Å²) in [6.07, 6.45) is -1.74. The van der Waals surface area contributed by atoms with Crippen molar-refractivity contribution in [1.29, 1.82) is 0 Å². The van der Waals surface area contributed by atoms with Gasteiger partial charge in [0.25, 0.3) is 5.89 Å². The van der Waals surface area contributed by atoms with Gasteiger partial charge in [0, 0.05) is 23.9 Å².